The minimum Gasteiger partial charge on any atom is -0.496 e. The maximum Gasteiger partial charge on any atom is 0.252 e. The number of benzene rings is 3. The number of H-pyrrole nitrogens is 1. The Labute approximate surface area is 201 Å². The lowest BCUT2D eigenvalue weighted by Gasteiger charge is -2.12. The molecule has 2 heterocycles. The molecule has 2 N–H and O–H groups in total. The molecule has 0 spiro atoms. The maximum absolute atomic E-state index is 13.5. The molecule has 0 radical (unpaired) electrons. The van der Waals surface area contributed by atoms with Crippen molar-refractivity contribution in [3.05, 3.63) is 101 Å². The standard InChI is InChI=1S/C27H21ClN4O2/c1-34-23-10-6-5-9-20(23)22-15-21(27(33)29-16-17-7-3-2-4-8-17)24-25(31-32-26(24)30-22)18-11-13-19(28)14-12-18/h2-15H,16H2,1H3,(H,29,33)(H,30,31,32). The molecule has 0 bridgehead atoms. The van der Waals surface area contributed by atoms with E-state index >= 15 is 0 Å². The fourth-order valence-electron chi connectivity index (χ4n) is 3.90. The monoisotopic (exact) mass is 468 g/mol. The van der Waals surface area contributed by atoms with E-state index in [-0.39, 0.29) is 5.91 Å². The lowest BCUT2D eigenvalue weighted by molar-refractivity contribution is 0.0952. The maximum atomic E-state index is 13.5. The van der Waals surface area contributed by atoms with Crippen molar-refractivity contribution in [1.29, 1.82) is 0 Å². The number of para-hydroxylation sites is 1. The normalized spacial score (nSPS) is 10.9. The Morgan fingerprint density at radius 3 is 2.50 bits per heavy atom. The number of pyridine rings is 1. The number of nitrogens with zero attached hydrogens (tertiary/aromatic N) is 2. The molecule has 168 valence electrons. The molecule has 5 aromatic rings. The van der Waals surface area contributed by atoms with Crippen LogP contribution in [0.5, 0.6) is 5.75 Å². The average molecular weight is 469 g/mol. The van der Waals surface area contributed by atoms with Gasteiger partial charge in [-0.15, -0.1) is 0 Å². The molecular formula is C27H21ClN4O2. The van der Waals surface area contributed by atoms with Gasteiger partial charge >= 0.3 is 0 Å². The predicted molar refractivity (Wildman–Crippen MR) is 134 cm³/mol. The third-order valence-electron chi connectivity index (χ3n) is 5.58. The number of rotatable bonds is 6. The summed E-state index contributed by atoms with van der Waals surface area (Å²) in [5.74, 6) is 0.447. The van der Waals surface area contributed by atoms with E-state index in [1.165, 1.54) is 0 Å². The highest BCUT2D eigenvalue weighted by Gasteiger charge is 2.21. The zero-order valence-electron chi connectivity index (χ0n) is 18.4. The summed E-state index contributed by atoms with van der Waals surface area (Å²) in [6.45, 7) is 0.404. The lowest BCUT2D eigenvalue weighted by atomic mass is 10.0. The van der Waals surface area contributed by atoms with Crippen LogP contribution in [-0.4, -0.2) is 28.2 Å². The van der Waals surface area contributed by atoms with Crippen LogP contribution in [-0.2, 0) is 6.54 Å². The smallest absolute Gasteiger partial charge is 0.252 e. The highest BCUT2D eigenvalue weighted by molar-refractivity contribution is 6.30. The largest absolute Gasteiger partial charge is 0.496 e. The first-order valence-corrected chi connectivity index (χ1v) is 11.1. The molecule has 6 nitrogen and oxygen atoms in total. The van der Waals surface area contributed by atoms with Crippen molar-refractivity contribution in [3.8, 4) is 28.3 Å². The molecule has 3 aromatic carbocycles. The fraction of sp³-hybridized carbons (Fsp3) is 0.0741. The fourth-order valence-corrected chi connectivity index (χ4v) is 4.02. The van der Waals surface area contributed by atoms with Crippen molar-refractivity contribution >= 4 is 28.5 Å². The van der Waals surface area contributed by atoms with E-state index in [1.807, 2.05) is 66.7 Å². The number of fused-ring (bicyclic) bond motifs is 1. The molecule has 0 aliphatic heterocycles. The number of ether oxygens (including phenoxy) is 1. The lowest BCUT2D eigenvalue weighted by Crippen LogP contribution is -2.23. The van der Waals surface area contributed by atoms with Crippen LogP contribution in [0.15, 0.2) is 84.9 Å². The molecule has 7 heteroatoms. The summed E-state index contributed by atoms with van der Waals surface area (Å²) in [7, 11) is 1.61. The van der Waals surface area contributed by atoms with Crippen LogP contribution in [0.3, 0.4) is 0 Å². The minimum atomic E-state index is -0.219. The molecule has 0 aliphatic carbocycles. The van der Waals surface area contributed by atoms with Crippen LogP contribution in [0.1, 0.15) is 15.9 Å². The Kier molecular flexibility index (Phi) is 5.97. The number of aromatic nitrogens is 3. The molecule has 0 unspecified atom stereocenters. The van der Waals surface area contributed by atoms with E-state index in [0.29, 0.717) is 45.3 Å². The summed E-state index contributed by atoms with van der Waals surface area (Å²) in [6, 6.07) is 26.5. The average Bonchev–Trinajstić information content (AvgIpc) is 3.32. The Morgan fingerprint density at radius 2 is 1.74 bits per heavy atom. The van der Waals surface area contributed by atoms with E-state index in [1.54, 1.807) is 25.3 Å². The van der Waals surface area contributed by atoms with Crippen molar-refractivity contribution in [2.45, 2.75) is 6.54 Å². The highest BCUT2D eigenvalue weighted by Crippen LogP contribution is 2.34. The topological polar surface area (TPSA) is 79.9 Å². The molecule has 1 amide bonds. The molecule has 0 aliphatic rings. The molecule has 0 fully saturated rings. The molecule has 5 rings (SSSR count). The van der Waals surface area contributed by atoms with Gasteiger partial charge in [0.2, 0.25) is 0 Å². The number of halogens is 1. The number of amides is 1. The second-order valence-electron chi connectivity index (χ2n) is 7.73. The number of carbonyl (C=O) groups excluding carboxylic acids is 1. The van der Waals surface area contributed by atoms with Gasteiger partial charge in [-0.2, -0.15) is 5.10 Å². The number of carbonyl (C=O) groups is 1. The summed E-state index contributed by atoms with van der Waals surface area (Å²) >= 11 is 6.08. The van der Waals surface area contributed by atoms with Gasteiger partial charge in [0.15, 0.2) is 5.65 Å². The van der Waals surface area contributed by atoms with Crippen LogP contribution >= 0.6 is 11.6 Å². The van der Waals surface area contributed by atoms with Crippen LogP contribution < -0.4 is 10.1 Å². The van der Waals surface area contributed by atoms with Crippen LogP contribution in [0, 0.1) is 0 Å². The third kappa shape index (κ3) is 4.23. The molecule has 2 aromatic heterocycles. The quantitative estimate of drug-likeness (QED) is 0.326. The molecular weight excluding hydrogens is 448 g/mol. The Bertz CT molecular complexity index is 1460. The summed E-state index contributed by atoms with van der Waals surface area (Å²) in [5, 5.41) is 11.8. The zero-order valence-corrected chi connectivity index (χ0v) is 19.1. The van der Waals surface area contributed by atoms with E-state index < -0.39 is 0 Å². The third-order valence-corrected chi connectivity index (χ3v) is 5.83. The Balaban J connectivity index is 1.64. The van der Waals surface area contributed by atoms with E-state index in [9.17, 15) is 4.79 Å². The van der Waals surface area contributed by atoms with Gasteiger partial charge in [-0.05, 0) is 35.9 Å². The Morgan fingerprint density at radius 1 is 1.00 bits per heavy atom. The second kappa shape index (κ2) is 9.37. The molecule has 0 atom stereocenters. The van der Waals surface area contributed by atoms with Gasteiger partial charge in [-0.25, -0.2) is 4.98 Å². The number of hydrogen-bond acceptors (Lipinski definition) is 4. The molecule has 0 saturated carbocycles. The van der Waals surface area contributed by atoms with E-state index in [4.69, 9.17) is 21.3 Å². The first kappa shape index (κ1) is 21.7. The van der Waals surface area contributed by atoms with Gasteiger partial charge in [0.25, 0.3) is 5.91 Å². The first-order valence-electron chi connectivity index (χ1n) is 10.7. The number of methoxy groups -OCH3 is 1. The van der Waals surface area contributed by atoms with Crippen molar-refractivity contribution in [1.82, 2.24) is 20.5 Å². The van der Waals surface area contributed by atoms with Gasteiger partial charge in [0.1, 0.15) is 5.75 Å². The van der Waals surface area contributed by atoms with Crippen molar-refractivity contribution in [2.75, 3.05) is 7.11 Å². The van der Waals surface area contributed by atoms with Crippen LogP contribution in [0.25, 0.3) is 33.5 Å². The number of hydrogen-bond donors (Lipinski definition) is 2. The number of nitrogens with one attached hydrogen (secondary N) is 2. The molecule has 34 heavy (non-hydrogen) atoms. The summed E-state index contributed by atoms with van der Waals surface area (Å²) in [4.78, 5) is 18.2. The van der Waals surface area contributed by atoms with Crippen molar-refractivity contribution < 1.29 is 9.53 Å². The Hall–Kier alpha value is -4.16. The summed E-state index contributed by atoms with van der Waals surface area (Å²) < 4.78 is 5.52. The predicted octanol–water partition coefficient (Wildman–Crippen LogP) is 5.88. The van der Waals surface area contributed by atoms with Crippen molar-refractivity contribution in [2.24, 2.45) is 0 Å². The SMILES string of the molecule is COc1ccccc1-c1cc(C(=O)NCc2ccccc2)c2c(-c3ccc(Cl)cc3)[nH]nc2n1. The van der Waals surface area contributed by atoms with Gasteiger partial charge in [-0.1, -0.05) is 66.2 Å². The van der Waals surface area contributed by atoms with Crippen LogP contribution in [0.4, 0.5) is 0 Å². The summed E-state index contributed by atoms with van der Waals surface area (Å²) in [5.41, 5.74) is 4.87. The number of aromatic amines is 1. The van der Waals surface area contributed by atoms with Gasteiger partial charge in [0, 0.05) is 22.7 Å². The van der Waals surface area contributed by atoms with Crippen molar-refractivity contribution in [3.63, 3.8) is 0 Å². The molecule has 0 saturated heterocycles. The minimum absolute atomic E-state index is 0.219. The van der Waals surface area contributed by atoms with Crippen LogP contribution in [0.2, 0.25) is 5.02 Å². The van der Waals surface area contributed by atoms with E-state index in [0.717, 1.165) is 16.7 Å². The van der Waals surface area contributed by atoms with Gasteiger partial charge in [0.05, 0.1) is 29.4 Å². The zero-order chi connectivity index (χ0) is 23.5. The highest BCUT2D eigenvalue weighted by atomic mass is 35.5. The first-order chi connectivity index (χ1) is 16.6. The van der Waals surface area contributed by atoms with Gasteiger partial charge < -0.3 is 10.1 Å². The van der Waals surface area contributed by atoms with E-state index in [2.05, 4.69) is 15.5 Å². The second-order valence-corrected chi connectivity index (χ2v) is 8.16. The van der Waals surface area contributed by atoms with Gasteiger partial charge in [-0.3, -0.25) is 9.89 Å². The summed E-state index contributed by atoms with van der Waals surface area (Å²) in [6.07, 6.45) is 0.